The molecule has 3 rings (SSSR count). The molecule has 2 aromatic carbocycles. The summed E-state index contributed by atoms with van der Waals surface area (Å²) in [4.78, 5) is 13.5. The molecule has 0 bridgehead atoms. The van der Waals surface area contributed by atoms with Crippen molar-refractivity contribution in [2.45, 2.75) is 12.1 Å². The van der Waals surface area contributed by atoms with Crippen LogP contribution in [0.5, 0.6) is 0 Å². The minimum absolute atomic E-state index is 0.267. The molecule has 1 amide bonds. The fraction of sp³-hybridized carbons (Fsp3) is 0.133. The molecule has 2 N–H and O–H groups in total. The molecular formula is C15H11Cl2FN2O. The quantitative estimate of drug-likeness (QED) is 0.859. The van der Waals surface area contributed by atoms with Crippen LogP contribution < -0.4 is 10.6 Å². The molecule has 1 aliphatic heterocycles. The van der Waals surface area contributed by atoms with E-state index in [1.807, 2.05) is 0 Å². The number of benzene rings is 2. The number of hydrogen-bond donors (Lipinski definition) is 1. The van der Waals surface area contributed by atoms with Crippen LogP contribution in [-0.4, -0.2) is 11.9 Å². The van der Waals surface area contributed by atoms with E-state index in [1.54, 1.807) is 30.3 Å². The molecule has 108 valence electrons. The average Bonchev–Trinajstić information content (AvgIpc) is 2.45. The van der Waals surface area contributed by atoms with Crippen LogP contribution in [0.2, 0.25) is 10.0 Å². The maximum absolute atomic E-state index is 13.4. The lowest BCUT2D eigenvalue weighted by Gasteiger charge is -2.45. The first-order valence-corrected chi connectivity index (χ1v) is 7.04. The van der Waals surface area contributed by atoms with E-state index in [0.717, 1.165) is 0 Å². The number of nitrogens with zero attached hydrogens (tertiary/aromatic N) is 1. The van der Waals surface area contributed by atoms with Crippen LogP contribution in [0.25, 0.3) is 0 Å². The van der Waals surface area contributed by atoms with Crippen molar-refractivity contribution >= 4 is 34.8 Å². The van der Waals surface area contributed by atoms with Crippen molar-refractivity contribution in [3.8, 4) is 0 Å². The van der Waals surface area contributed by atoms with Crippen molar-refractivity contribution in [1.82, 2.24) is 0 Å². The first-order chi connectivity index (χ1) is 9.99. The van der Waals surface area contributed by atoms with Gasteiger partial charge in [-0.1, -0.05) is 35.3 Å². The summed E-state index contributed by atoms with van der Waals surface area (Å²) in [5.41, 5.74) is 7.04. The zero-order valence-electron chi connectivity index (χ0n) is 10.8. The highest BCUT2D eigenvalue weighted by atomic mass is 35.5. The van der Waals surface area contributed by atoms with Crippen LogP contribution in [0.15, 0.2) is 42.5 Å². The maximum atomic E-state index is 13.4. The smallest absolute Gasteiger partial charge is 0.247 e. The topological polar surface area (TPSA) is 46.3 Å². The van der Waals surface area contributed by atoms with Gasteiger partial charge in [-0.2, -0.15) is 0 Å². The number of nitrogens with two attached hydrogens (primary N) is 1. The zero-order valence-corrected chi connectivity index (χ0v) is 12.3. The molecular weight excluding hydrogens is 314 g/mol. The summed E-state index contributed by atoms with van der Waals surface area (Å²) in [6.07, 6.45) is 0. The van der Waals surface area contributed by atoms with E-state index in [9.17, 15) is 9.18 Å². The van der Waals surface area contributed by atoms with E-state index in [4.69, 9.17) is 28.9 Å². The molecule has 6 heteroatoms. The van der Waals surface area contributed by atoms with Gasteiger partial charge in [0.25, 0.3) is 0 Å². The van der Waals surface area contributed by atoms with E-state index in [0.29, 0.717) is 21.3 Å². The van der Waals surface area contributed by atoms with Crippen LogP contribution in [0.1, 0.15) is 11.6 Å². The van der Waals surface area contributed by atoms with Gasteiger partial charge in [0.05, 0.1) is 6.04 Å². The van der Waals surface area contributed by atoms with Gasteiger partial charge < -0.3 is 10.6 Å². The number of amides is 1. The van der Waals surface area contributed by atoms with Gasteiger partial charge in [0.2, 0.25) is 5.91 Å². The summed E-state index contributed by atoms with van der Waals surface area (Å²) in [5.74, 6) is -0.682. The number of anilines is 1. The third-order valence-electron chi connectivity index (χ3n) is 3.51. The Kier molecular flexibility index (Phi) is 3.61. The van der Waals surface area contributed by atoms with Crippen LogP contribution in [0.4, 0.5) is 10.1 Å². The summed E-state index contributed by atoms with van der Waals surface area (Å²) in [6.45, 7) is 0. The number of rotatable bonds is 2. The highest BCUT2D eigenvalue weighted by molar-refractivity contribution is 6.35. The minimum atomic E-state index is -0.702. The molecule has 1 heterocycles. The second-order valence-electron chi connectivity index (χ2n) is 4.82. The fourth-order valence-electron chi connectivity index (χ4n) is 2.50. The second kappa shape index (κ2) is 5.30. The molecule has 0 aromatic heterocycles. The summed E-state index contributed by atoms with van der Waals surface area (Å²) >= 11 is 12.1. The Morgan fingerprint density at radius 2 is 1.90 bits per heavy atom. The molecule has 2 atom stereocenters. The molecule has 0 unspecified atom stereocenters. The predicted octanol–water partition coefficient (Wildman–Crippen LogP) is 3.55. The fourth-order valence-corrected chi connectivity index (χ4v) is 3.02. The Hall–Kier alpha value is -1.62. The van der Waals surface area contributed by atoms with E-state index in [-0.39, 0.29) is 5.91 Å². The van der Waals surface area contributed by atoms with Crippen molar-refractivity contribution in [3.05, 3.63) is 63.9 Å². The first kappa shape index (κ1) is 14.3. The van der Waals surface area contributed by atoms with Gasteiger partial charge in [-0.25, -0.2) is 4.39 Å². The Bertz CT molecular complexity index is 723. The molecule has 1 aliphatic rings. The SMILES string of the molecule is N[C@H]1C(=O)N(c2cccc(F)c2)[C@@H]1c1ccc(Cl)cc1Cl. The van der Waals surface area contributed by atoms with Crippen molar-refractivity contribution in [2.75, 3.05) is 4.90 Å². The minimum Gasteiger partial charge on any atom is -0.318 e. The van der Waals surface area contributed by atoms with Gasteiger partial charge in [0.1, 0.15) is 11.9 Å². The van der Waals surface area contributed by atoms with E-state index in [1.165, 1.54) is 17.0 Å². The van der Waals surface area contributed by atoms with Gasteiger partial charge in [0.15, 0.2) is 0 Å². The van der Waals surface area contributed by atoms with E-state index in [2.05, 4.69) is 0 Å². The Labute approximate surface area is 131 Å². The standard InChI is InChI=1S/C15H11Cl2FN2O/c16-8-4-5-11(12(17)6-8)14-13(19)15(21)20(14)10-3-1-2-9(18)7-10/h1-7,13-14H,19H2/t13-,14-/m1/s1. The summed E-state index contributed by atoms with van der Waals surface area (Å²) in [6, 6.07) is 9.69. The Morgan fingerprint density at radius 3 is 2.57 bits per heavy atom. The van der Waals surface area contributed by atoms with Crippen molar-refractivity contribution in [3.63, 3.8) is 0 Å². The van der Waals surface area contributed by atoms with Crippen LogP contribution in [0.3, 0.4) is 0 Å². The van der Waals surface area contributed by atoms with Gasteiger partial charge in [-0.3, -0.25) is 4.79 Å². The zero-order chi connectivity index (χ0) is 15.1. The molecule has 1 saturated heterocycles. The average molecular weight is 325 g/mol. The number of β-lactam (4-membered cyclic amide) rings is 1. The normalized spacial score (nSPS) is 21.3. The van der Waals surface area contributed by atoms with Gasteiger partial charge >= 0.3 is 0 Å². The molecule has 0 saturated carbocycles. The number of carbonyl (C=O) groups excluding carboxylic acids is 1. The maximum Gasteiger partial charge on any atom is 0.247 e. The lowest BCUT2D eigenvalue weighted by molar-refractivity contribution is -0.126. The molecule has 3 nitrogen and oxygen atoms in total. The third-order valence-corrected chi connectivity index (χ3v) is 4.07. The van der Waals surface area contributed by atoms with E-state index >= 15 is 0 Å². The number of carbonyl (C=O) groups is 1. The number of halogens is 3. The highest BCUT2D eigenvalue weighted by Gasteiger charge is 2.47. The molecule has 21 heavy (non-hydrogen) atoms. The molecule has 0 spiro atoms. The lowest BCUT2D eigenvalue weighted by Crippen LogP contribution is -2.63. The lowest BCUT2D eigenvalue weighted by atomic mass is 9.88. The van der Waals surface area contributed by atoms with Gasteiger partial charge in [-0.15, -0.1) is 0 Å². The van der Waals surface area contributed by atoms with Crippen LogP contribution >= 0.6 is 23.2 Å². The highest BCUT2D eigenvalue weighted by Crippen LogP contribution is 2.41. The van der Waals surface area contributed by atoms with Gasteiger partial charge in [-0.05, 0) is 35.9 Å². The van der Waals surface area contributed by atoms with Crippen LogP contribution in [-0.2, 0) is 4.79 Å². The number of hydrogen-bond acceptors (Lipinski definition) is 2. The monoisotopic (exact) mass is 324 g/mol. The molecule has 1 fully saturated rings. The molecule has 2 aromatic rings. The van der Waals surface area contributed by atoms with Crippen molar-refractivity contribution in [1.29, 1.82) is 0 Å². The largest absolute Gasteiger partial charge is 0.318 e. The molecule has 0 radical (unpaired) electrons. The summed E-state index contributed by atoms with van der Waals surface area (Å²) in [7, 11) is 0. The Balaban J connectivity index is 2.02. The molecule has 0 aliphatic carbocycles. The summed E-state index contributed by atoms with van der Waals surface area (Å²) < 4.78 is 13.4. The van der Waals surface area contributed by atoms with E-state index < -0.39 is 17.9 Å². The third kappa shape index (κ3) is 2.39. The van der Waals surface area contributed by atoms with Crippen molar-refractivity contribution < 1.29 is 9.18 Å². The van der Waals surface area contributed by atoms with Gasteiger partial charge in [0, 0.05) is 15.7 Å². The first-order valence-electron chi connectivity index (χ1n) is 6.28. The van der Waals surface area contributed by atoms with Crippen molar-refractivity contribution in [2.24, 2.45) is 5.73 Å². The second-order valence-corrected chi connectivity index (χ2v) is 5.67. The van der Waals surface area contributed by atoms with Crippen LogP contribution in [0, 0.1) is 5.82 Å². The predicted molar refractivity (Wildman–Crippen MR) is 81.1 cm³/mol. The summed E-state index contributed by atoms with van der Waals surface area (Å²) in [5, 5.41) is 0.928. The Morgan fingerprint density at radius 1 is 1.14 bits per heavy atom.